The lowest BCUT2D eigenvalue weighted by Gasteiger charge is -2.35. The number of nitrogens with zero attached hydrogens (tertiary/aromatic N) is 1. The molecule has 1 N–H and O–H groups in total. The molecule has 96 valence electrons. The molecule has 0 amide bonds. The fourth-order valence-corrected chi connectivity index (χ4v) is 2.51. The van der Waals surface area contributed by atoms with Gasteiger partial charge in [-0.2, -0.15) is 0 Å². The first-order chi connectivity index (χ1) is 7.89. The first-order valence-corrected chi connectivity index (χ1v) is 5.99. The summed E-state index contributed by atoms with van der Waals surface area (Å²) < 4.78 is 0. The fourth-order valence-electron chi connectivity index (χ4n) is 2.51. The molecule has 0 aromatic heterocycles. The maximum atomic E-state index is 11.8. The Morgan fingerprint density at radius 2 is 2.29 bits per heavy atom. The van der Waals surface area contributed by atoms with E-state index in [-0.39, 0.29) is 5.78 Å². The van der Waals surface area contributed by atoms with Crippen molar-refractivity contribution in [2.24, 2.45) is 5.92 Å². The lowest BCUT2D eigenvalue weighted by molar-refractivity contribution is -0.404. The highest BCUT2D eigenvalue weighted by atomic mass is 16.6. The molecule has 1 aliphatic rings. The number of carbonyl (C=O) groups is 1. The van der Waals surface area contributed by atoms with E-state index in [0.717, 1.165) is 19.0 Å². The zero-order valence-electron chi connectivity index (χ0n) is 10.3. The molecule has 1 saturated carbocycles. The van der Waals surface area contributed by atoms with Crippen LogP contribution >= 0.6 is 0 Å². The zero-order valence-corrected chi connectivity index (χ0v) is 10.3. The third-order valence-corrected chi connectivity index (χ3v) is 3.53. The smallest absolute Gasteiger partial charge is 0.236 e. The topological polar surface area (TPSA) is 80.4 Å². The number of hydrogen-bond acceptors (Lipinski definition) is 4. The van der Waals surface area contributed by atoms with Gasteiger partial charge in [-0.1, -0.05) is 13.3 Å². The predicted octanol–water partition coefficient (Wildman–Crippen LogP) is 2.07. The monoisotopic (exact) mass is 241 g/mol. The highest BCUT2D eigenvalue weighted by Crippen LogP contribution is 2.35. The first kappa shape index (κ1) is 13.8. The average molecular weight is 241 g/mol. The maximum absolute atomic E-state index is 11.8. The van der Waals surface area contributed by atoms with Crippen LogP contribution in [0.1, 0.15) is 46.0 Å². The molecule has 5 nitrogen and oxygen atoms in total. The quantitative estimate of drug-likeness (QED) is 0.603. The van der Waals surface area contributed by atoms with Crippen LogP contribution in [0.15, 0.2) is 11.8 Å². The summed E-state index contributed by atoms with van der Waals surface area (Å²) in [6.07, 6.45) is 4.03. The summed E-state index contributed by atoms with van der Waals surface area (Å²) in [7, 11) is 0. The molecule has 0 saturated heterocycles. The van der Waals surface area contributed by atoms with Gasteiger partial charge in [-0.3, -0.25) is 14.9 Å². The van der Waals surface area contributed by atoms with Crippen molar-refractivity contribution in [1.82, 2.24) is 0 Å². The minimum Gasteiger partial charge on any atom is -0.385 e. The lowest BCUT2D eigenvalue weighted by atomic mass is 9.73. The van der Waals surface area contributed by atoms with E-state index in [1.807, 2.05) is 0 Å². The molecular weight excluding hydrogens is 222 g/mol. The van der Waals surface area contributed by atoms with Crippen LogP contribution in [0.4, 0.5) is 0 Å². The molecule has 1 fully saturated rings. The number of rotatable bonds is 4. The molecule has 0 heterocycles. The molecular formula is C12H19NO4. The fraction of sp³-hybridized carbons (Fsp3) is 0.750. The first-order valence-electron chi connectivity index (χ1n) is 5.99. The number of Topliss-reactive ketones (excluding diaryl/α,β-unsaturated/α-hetero) is 1. The summed E-state index contributed by atoms with van der Waals surface area (Å²) in [6.45, 7) is 3.26. The van der Waals surface area contributed by atoms with Crippen molar-refractivity contribution in [2.75, 3.05) is 0 Å². The second-order valence-corrected chi connectivity index (χ2v) is 4.71. The van der Waals surface area contributed by atoms with Crippen LogP contribution in [0.3, 0.4) is 0 Å². The molecule has 1 aliphatic carbocycles. The van der Waals surface area contributed by atoms with E-state index in [1.54, 1.807) is 6.92 Å². The van der Waals surface area contributed by atoms with Crippen molar-refractivity contribution in [2.45, 2.75) is 51.6 Å². The van der Waals surface area contributed by atoms with Crippen molar-refractivity contribution >= 4 is 5.78 Å². The molecule has 0 unspecified atom stereocenters. The van der Waals surface area contributed by atoms with Crippen LogP contribution in [0.2, 0.25) is 0 Å². The highest BCUT2D eigenvalue weighted by Gasteiger charge is 2.41. The Balaban J connectivity index is 2.98. The normalized spacial score (nSPS) is 25.5. The summed E-state index contributed by atoms with van der Waals surface area (Å²) in [5.74, 6) is -0.480. The van der Waals surface area contributed by atoms with Gasteiger partial charge in [-0.15, -0.1) is 0 Å². The van der Waals surface area contributed by atoms with Crippen molar-refractivity contribution in [3.63, 3.8) is 0 Å². The van der Waals surface area contributed by atoms with Gasteiger partial charge in [0.2, 0.25) is 6.20 Å². The second-order valence-electron chi connectivity index (χ2n) is 4.71. The van der Waals surface area contributed by atoms with Crippen LogP contribution in [-0.2, 0) is 4.79 Å². The van der Waals surface area contributed by atoms with Gasteiger partial charge in [-0.25, -0.2) is 0 Å². The molecule has 0 aromatic carbocycles. The van der Waals surface area contributed by atoms with Gasteiger partial charge >= 0.3 is 0 Å². The Morgan fingerprint density at radius 1 is 1.65 bits per heavy atom. The van der Waals surface area contributed by atoms with Gasteiger partial charge in [0.05, 0.1) is 16.4 Å². The number of hydrogen-bond donors (Lipinski definition) is 1. The summed E-state index contributed by atoms with van der Waals surface area (Å²) >= 11 is 0. The van der Waals surface area contributed by atoms with E-state index in [2.05, 4.69) is 0 Å². The lowest BCUT2D eigenvalue weighted by Crippen LogP contribution is -2.43. The van der Waals surface area contributed by atoms with Crippen LogP contribution in [0, 0.1) is 16.0 Å². The van der Waals surface area contributed by atoms with E-state index in [0.29, 0.717) is 24.8 Å². The van der Waals surface area contributed by atoms with Crippen molar-refractivity contribution in [1.29, 1.82) is 0 Å². The second kappa shape index (κ2) is 5.40. The van der Waals surface area contributed by atoms with Gasteiger partial charge in [-0.05, 0) is 26.2 Å². The molecule has 5 heteroatoms. The molecule has 2 atom stereocenters. The minimum atomic E-state index is -1.39. The van der Waals surface area contributed by atoms with Gasteiger partial charge in [0.25, 0.3) is 0 Å². The van der Waals surface area contributed by atoms with Crippen molar-refractivity contribution in [3.05, 3.63) is 21.9 Å². The Labute approximate surface area is 101 Å². The molecule has 1 rings (SSSR count). The summed E-state index contributed by atoms with van der Waals surface area (Å²) in [5, 5.41) is 20.9. The molecule has 0 bridgehead atoms. The number of carbonyl (C=O) groups excluding carboxylic acids is 1. The third kappa shape index (κ3) is 3.12. The van der Waals surface area contributed by atoms with Crippen LogP contribution in [-0.4, -0.2) is 21.4 Å². The van der Waals surface area contributed by atoms with E-state index in [1.165, 1.54) is 6.92 Å². The number of nitro groups is 1. The summed E-state index contributed by atoms with van der Waals surface area (Å²) in [4.78, 5) is 21.7. The third-order valence-electron chi connectivity index (χ3n) is 3.53. The molecule has 0 radical (unpaired) electrons. The number of aliphatic hydroxyl groups is 1. The largest absolute Gasteiger partial charge is 0.385 e. The van der Waals surface area contributed by atoms with Crippen molar-refractivity contribution in [3.8, 4) is 0 Å². The summed E-state index contributed by atoms with van der Waals surface area (Å²) in [5.41, 5.74) is -1.07. The van der Waals surface area contributed by atoms with Gasteiger partial charge in [0.15, 0.2) is 0 Å². The van der Waals surface area contributed by atoms with Crippen LogP contribution < -0.4 is 0 Å². The van der Waals surface area contributed by atoms with Gasteiger partial charge in [0.1, 0.15) is 5.78 Å². The van der Waals surface area contributed by atoms with Gasteiger partial charge in [0, 0.05) is 12.0 Å². The highest BCUT2D eigenvalue weighted by molar-refractivity contribution is 5.83. The van der Waals surface area contributed by atoms with Crippen molar-refractivity contribution < 1.29 is 14.8 Å². The Hall–Kier alpha value is -1.23. The van der Waals surface area contributed by atoms with Crippen LogP contribution in [0.5, 0.6) is 0 Å². The Morgan fingerprint density at radius 3 is 2.76 bits per heavy atom. The maximum Gasteiger partial charge on any atom is 0.236 e. The minimum absolute atomic E-state index is 0.0175. The molecule has 0 aliphatic heterocycles. The van der Waals surface area contributed by atoms with E-state index in [9.17, 15) is 20.0 Å². The Bertz CT molecular complexity index is 346. The standard InChI is InChI=1S/C12H19NO4/c1-3-9(8-13(16)17)12(2,15)10-6-4-5-7-11(10)14/h8,10,15H,3-7H2,1-2H3/b9-8+/t10-,12-/m0/s1. The molecule has 0 spiro atoms. The zero-order chi connectivity index (χ0) is 13.1. The number of ketones is 1. The van der Waals surface area contributed by atoms with E-state index < -0.39 is 16.4 Å². The Kier molecular flexibility index (Phi) is 4.40. The molecule has 17 heavy (non-hydrogen) atoms. The predicted molar refractivity (Wildman–Crippen MR) is 63.0 cm³/mol. The van der Waals surface area contributed by atoms with E-state index >= 15 is 0 Å². The summed E-state index contributed by atoms with van der Waals surface area (Å²) in [6, 6.07) is 0. The average Bonchev–Trinajstić information content (AvgIpc) is 2.25. The molecule has 0 aromatic rings. The van der Waals surface area contributed by atoms with E-state index in [4.69, 9.17) is 0 Å². The van der Waals surface area contributed by atoms with Crippen LogP contribution in [0.25, 0.3) is 0 Å². The SMILES string of the molecule is CC/C(=C\[N+](=O)[O-])[C@](C)(O)[C@H]1CCCCC1=O. The van der Waals surface area contributed by atoms with Gasteiger partial charge < -0.3 is 5.11 Å².